The number of aromatic nitrogens is 1. The summed E-state index contributed by atoms with van der Waals surface area (Å²) >= 11 is 5.85. The Hall–Kier alpha value is -0.930. The van der Waals surface area contributed by atoms with Crippen LogP contribution in [0.2, 0.25) is 5.02 Å². The molecule has 0 aliphatic rings. The average Bonchev–Trinajstić information content (AvgIpc) is 2.37. The van der Waals surface area contributed by atoms with Gasteiger partial charge in [-0.05, 0) is 12.5 Å². The molecule has 7 nitrogen and oxygen atoms in total. The molecule has 0 fully saturated rings. The topological polar surface area (TPSA) is 106 Å². The minimum absolute atomic E-state index is 0.0222. The van der Waals surface area contributed by atoms with E-state index < -0.39 is 10.0 Å². The van der Waals surface area contributed by atoms with Crippen LogP contribution in [0.1, 0.15) is 13.3 Å². The molecule has 1 rings (SSSR count). The quantitative estimate of drug-likeness (QED) is 0.506. The van der Waals surface area contributed by atoms with Crippen molar-refractivity contribution in [2.24, 2.45) is 5.84 Å². The normalized spacial score (nSPS) is 13.3. The van der Waals surface area contributed by atoms with E-state index in [1.54, 1.807) is 0 Å². The number of sulfonamides is 1. The molecule has 1 aromatic rings. The molecule has 108 valence electrons. The third-order valence-electron chi connectivity index (χ3n) is 2.45. The van der Waals surface area contributed by atoms with Crippen molar-refractivity contribution >= 4 is 27.4 Å². The lowest BCUT2D eigenvalue weighted by Gasteiger charge is -2.16. The van der Waals surface area contributed by atoms with Gasteiger partial charge in [-0.2, -0.15) is 0 Å². The van der Waals surface area contributed by atoms with Crippen LogP contribution in [0.15, 0.2) is 17.2 Å². The van der Waals surface area contributed by atoms with Crippen LogP contribution in [-0.4, -0.2) is 33.2 Å². The maximum atomic E-state index is 12.1. The molecular formula is C10H17ClN4O3S. The summed E-state index contributed by atoms with van der Waals surface area (Å²) in [5.41, 5.74) is 2.27. The fourth-order valence-corrected chi connectivity index (χ4v) is 2.96. The smallest absolute Gasteiger partial charge is 0.242 e. The van der Waals surface area contributed by atoms with Gasteiger partial charge in [-0.15, -0.1) is 0 Å². The van der Waals surface area contributed by atoms with E-state index in [1.807, 2.05) is 6.92 Å². The third-order valence-corrected chi connectivity index (χ3v) is 4.22. The molecule has 1 unspecified atom stereocenters. The molecule has 19 heavy (non-hydrogen) atoms. The molecule has 0 radical (unpaired) electrons. The van der Waals surface area contributed by atoms with E-state index in [4.69, 9.17) is 22.2 Å². The number of ether oxygens (including phenoxy) is 1. The Bertz CT molecular complexity index is 524. The molecule has 1 atom stereocenters. The molecule has 1 aromatic heterocycles. The van der Waals surface area contributed by atoms with Gasteiger partial charge in [0.2, 0.25) is 10.0 Å². The molecule has 0 amide bonds. The van der Waals surface area contributed by atoms with Crippen molar-refractivity contribution in [3.8, 4) is 0 Å². The molecule has 0 saturated heterocycles. The molecule has 0 aliphatic carbocycles. The second-order valence-corrected chi connectivity index (χ2v) is 5.95. The number of methoxy groups -OCH3 is 1. The summed E-state index contributed by atoms with van der Waals surface area (Å²) in [4.78, 5) is 3.80. The van der Waals surface area contributed by atoms with Crippen LogP contribution >= 0.6 is 11.6 Å². The summed E-state index contributed by atoms with van der Waals surface area (Å²) in [5.74, 6) is 5.39. The molecule has 9 heteroatoms. The van der Waals surface area contributed by atoms with E-state index >= 15 is 0 Å². The lowest BCUT2D eigenvalue weighted by molar-refractivity contribution is 0.173. The highest BCUT2D eigenvalue weighted by atomic mass is 35.5. The highest BCUT2D eigenvalue weighted by Gasteiger charge is 2.20. The van der Waals surface area contributed by atoms with Gasteiger partial charge in [-0.25, -0.2) is 24.0 Å². The Morgan fingerprint density at radius 3 is 2.74 bits per heavy atom. The maximum Gasteiger partial charge on any atom is 0.242 e. The first-order valence-corrected chi connectivity index (χ1v) is 7.44. The van der Waals surface area contributed by atoms with E-state index in [0.29, 0.717) is 13.0 Å². The first kappa shape index (κ1) is 16.1. The van der Waals surface area contributed by atoms with Gasteiger partial charge in [0.15, 0.2) is 5.82 Å². The van der Waals surface area contributed by atoms with Crippen LogP contribution in [0.3, 0.4) is 0 Å². The third kappa shape index (κ3) is 4.29. The zero-order chi connectivity index (χ0) is 14.5. The average molecular weight is 309 g/mol. The number of hydrazine groups is 1. The molecule has 4 N–H and O–H groups in total. The molecule has 0 saturated carbocycles. The number of rotatable bonds is 7. The first-order chi connectivity index (χ1) is 8.94. The summed E-state index contributed by atoms with van der Waals surface area (Å²) in [6.45, 7) is 2.15. The zero-order valence-electron chi connectivity index (χ0n) is 10.7. The van der Waals surface area contributed by atoms with Gasteiger partial charge in [0.1, 0.15) is 4.90 Å². The minimum atomic E-state index is -3.69. The zero-order valence-corrected chi connectivity index (χ0v) is 12.3. The van der Waals surface area contributed by atoms with Crippen molar-refractivity contribution in [1.29, 1.82) is 0 Å². The van der Waals surface area contributed by atoms with Crippen LogP contribution in [0.5, 0.6) is 0 Å². The number of nitrogens with one attached hydrogen (secondary N) is 2. The second-order valence-electron chi connectivity index (χ2n) is 3.83. The number of halogens is 1. The Labute approximate surface area is 117 Å². The number of nitrogens with zero attached hydrogens (tertiary/aromatic N) is 1. The number of nitrogen functional groups attached to an aromatic ring is 1. The highest BCUT2D eigenvalue weighted by Crippen LogP contribution is 2.21. The molecule has 0 aromatic carbocycles. The molecule has 0 aliphatic heterocycles. The van der Waals surface area contributed by atoms with Crippen molar-refractivity contribution in [3.05, 3.63) is 17.3 Å². The van der Waals surface area contributed by atoms with Crippen molar-refractivity contribution in [1.82, 2.24) is 9.71 Å². The van der Waals surface area contributed by atoms with Crippen LogP contribution in [0, 0.1) is 0 Å². The summed E-state index contributed by atoms with van der Waals surface area (Å²) in [6, 6.07) is 0.979. The molecule has 0 bridgehead atoms. The highest BCUT2D eigenvalue weighted by molar-refractivity contribution is 7.89. The Kier molecular flexibility index (Phi) is 5.95. The van der Waals surface area contributed by atoms with Crippen LogP contribution in [0.25, 0.3) is 0 Å². The Morgan fingerprint density at radius 2 is 2.26 bits per heavy atom. The largest absolute Gasteiger partial charge is 0.383 e. The summed E-state index contributed by atoms with van der Waals surface area (Å²) in [7, 11) is -2.18. The maximum absolute atomic E-state index is 12.1. The summed E-state index contributed by atoms with van der Waals surface area (Å²) in [5, 5.41) is 0.130. The lowest BCUT2D eigenvalue weighted by Crippen LogP contribution is -2.37. The standard InChI is InChI=1S/C10H17ClN4O3S/c1-3-7(6-18-2)15-19(16,17)8-4-9(11)10(14-12)13-5-8/h4-5,7,15H,3,6,12H2,1-2H3,(H,13,14). The minimum Gasteiger partial charge on any atom is -0.383 e. The predicted octanol–water partition coefficient (Wildman–Crippen LogP) is 0.724. The van der Waals surface area contributed by atoms with Crippen LogP contribution in [0.4, 0.5) is 5.82 Å². The Balaban J connectivity index is 2.96. The van der Waals surface area contributed by atoms with Gasteiger partial charge in [-0.3, -0.25) is 0 Å². The van der Waals surface area contributed by atoms with Gasteiger partial charge < -0.3 is 10.2 Å². The molecular weight excluding hydrogens is 292 g/mol. The lowest BCUT2D eigenvalue weighted by atomic mass is 10.3. The van der Waals surface area contributed by atoms with Crippen LogP contribution in [-0.2, 0) is 14.8 Å². The van der Waals surface area contributed by atoms with E-state index in [9.17, 15) is 8.42 Å². The van der Waals surface area contributed by atoms with Gasteiger partial charge in [0, 0.05) is 19.3 Å². The summed E-state index contributed by atoms with van der Waals surface area (Å²) in [6.07, 6.45) is 1.79. The number of pyridine rings is 1. The fourth-order valence-electron chi connectivity index (χ4n) is 1.40. The fraction of sp³-hybridized carbons (Fsp3) is 0.500. The van der Waals surface area contributed by atoms with Crippen molar-refractivity contribution in [2.75, 3.05) is 19.1 Å². The van der Waals surface area contributed by atoms with Crippen molar-refractivity contribution in [2.45, 2.75) is 24.3 Å². The van der Waals surface area contributed by atoms with Gasteiger partial charge in [0.05, 0.1) is 11.6 Å². The molecule has 0 spiro atoms. The summed E-state index contributed by atoms with van der Waals surface area (Å²) < 4.78 is 31.7. The Morgan fingerprint density at radius 1 is 1.58 bits per heavy atom. The SMILES string of the molecule is CCC(COC)NS(=O)(=O)c1cnc(NN)c(Cl)c1. The van der Waals surface area contributed by atoms with Gasteiger partial charge >= 0.3 is 0 Å². The predicted molar refractivity (Wildman–Crippen MR) is 73.3 cm³/mol. The second kappa shape index (κ2) is 7.01. The van der Waals surface area contributed by atoms with E-state index in [2.05, 4.69) is 15.1 Å². The van der Waals surface area contributed by atoms with Crippen molar-refractivity contribution < 1.29 is 13.2 Å². The van der Waals surface area contributed by atoms with Gasteiger partial charge in [-0.1, -0.05) is 18.5 Å². The number of hydrogen-bond donors (Lipinski definition) is 3. The van der Waals surface area contributed by atoms with E-state index in [1.165, 1.54) is 19.4 Å². The van der Waals surface area contributed by atoms with Gasteiger partial charge in [0.25, 0.3) is 0 Å². The van der Waals surface area contributed by atoms with Crippen LogP contribution < -0.4 is 16.0 Å². The monoisotopic (exact) mass is 308 g/mol. The number of anilines is 1. The number of hydrogen-bond acceptors (Lipinski definition) is 6. The number of nitrogens with two attached hydrogens (primary N) is 1. The van der Waals surface area contributed by atoms with Crippen molar-refractivity contribution in [3.63, 3.8) is 0 Å². The molecule has 1 heterocycles. The van der Waals surface area contributed by atoms with E-state index in [-0.39, 0.29) is 21.8 Å². The van der Waals surface area contributed by atoms with E-state index in [0.717, 1.165) is 0 Å². The first-order valence-electron chi connectivity index (χ1n) is 5.58.